The minimum absolute atomic E-state index is 0. The van der Waals surface area contributed by atoms with Crippen LogP contribution in [0.5, 0.6) is 5.75 Å². The second-order valence-corrected chi connectivity index (χ2v) is 17.0. The number of halogens is 2. The van der Waals surface area contributed by atoms with E-state index in [1.165, 1.54) is 14.9 Å². The Morgan fingerprint density at radius 2 is 1.54 bits per heavy atom. The molecule has 1 aliphatic carbocycles. The van der Waals surface area contributed by atoms with Crippen LogP contribution in [0.3, 0.4) is 0 Å². The van der Waals surface area contributed by atoms with Crippen LogP contribution >= 0.6 is 24.8 Å². The molecular formula is C23H30Cl2OSiTi. The van der Waals surface area contributed by atoms with E-state index in [2.05, 4.69) is 100 Å². The first-order valence-electron chi connectivity index (χ1n) is 9.27. The Balaban J connectivity index is 0.00000196. The maximum absolute atomic E-state index is 6.70. The van der Waals surface area contributed by atoms with Crippen LogP contribution in [0.25, 0.3) is 11.1 Å². The standard InChI is InChI=1S/C12H10O.C8H13Si.C3H6.2ClH.Ti/c13-12-8-4-7-11(9-12)10-5-2-1-3-6-10;1-9(2,3)8-6-4-5-7-8;1-3-2;;;/h1-9,13H;4,6H,5H2,1-3H3;1-2H3;2*1H;/q;;;;;+1/p-1. The maximum Gasteiger partial charge on any atom is -0.147 e. The second-order valence-electron chi connectivity index (χ2n) is 8.07. The SMILES string of the molecule is C[C](C)=[Ti]([O]c1cccc(-c2ccccc2)c1)[C]1=C([Si](C)(C)C)C=CC1.Cl.Cl. The van der Waals surface area contributed by atoms with Crippen molar-refractivity contribution in [2.75, 3.05) is 0 Å². The van der Waals surface area contributed by atoms with E-state index in [0.29, 0.717) is 0 Å². The summed E-state index contributed by atoms with van der Waals surface area (Å²) < 4.78 is 9.80. The molecule has 0 heterocycles. The van der Waals surface area contributed by atoms with E-state index in [9.17, 15) is 0 Å². The summed E-state index contributed by atoms with van der Waals surface area (Å²) in [7, 11) is -1.34. The quantitative estimate of drug-likeness (QED) is 0.415. The average molecular weight is 469 g/mol. The van der Waals surface area contributed by atoms with Gasteiger partial charge in [-0.3, -0.25) is 0 Å². The topological polar surface area (TPSA) is 9.23 Å². The molecule has 2 aromatic rings. The normalized spacial score (nSPS) is 12.9. The zero-order chi connectivity index (χ0) is 18.7. The molecule has 0 N–H and O–H groups in total. The fourth-order valence-electron chi connectivity index (χ4n) is 3.38. The van der Waals surface area contributed by atoms with Crippen LogP contribution in [0.15, 0.2) is 75.8 Å². The average Bonchev–Trinajstić information content (AvgIpc) is 3.10. The molecule has 0 bridgehead atoms. The molecule has 0 saturated carbocycles. The summed E-state index contributed by atoms with van der Waals surface area (Å²) in [4.78, 5) is 0. The predicted octanol–water partition coefficient (Wildman–Crippen LogP) is 7.41. The Morgan fingerprint density at radius 1 is 0.893 bits per heavy atom. The first-order valence-corrected chi connectivity index (χ1v) is 15.0. The van der Waals surface area contributed by atoms with Gasteiger partial charge in [0, 0.05) is 0 Å². The minimum Gasteiger partial charge on any atom is -0.147 e. The van der Waals surface area contributed by atoms with Gasteiger partial charge in [0.05, 0.1) is 0 Å². The van der Waals surface area contributed by atoms with Crippen molar-refractivity contribution in [1.29, 1.82) is 0 Å². The number of allylic oxidation sites excluding steroid dienone is 4. The first-order chi connectivity index (χ1) is 12.4. The molecule has 0 aliphatic heterocycles. The molecular weight excluding hydrogens is 439 g/mol. The van der Waals surface area contributed by atoms with Gasteiger partial charge >= 0.3 is 166 Å². The van der Waals surface area contributed by atoms with E-state index in [4.69, 9.17) is 3.32 Å². The Kier molecular flexibility index (Phi) is 9.66. The van der Waals surface area contributed by atoms with Crippen molar-refractivity contribution in [3.8, 4) is 16.9 Å². The zero-order valence-corrected chi connectivity index (χ0v) is 21.5. The van der Waals surface area contributed by atoms with Crippen LogP contribution in [0.1, 0.15) is 20.3 Å². The van der Waals surface area contributed by atoms with Gasteiger partial charge in [0.25, 0.3) is 0 Å². The van der Waals surface area contributed by atoms with Gasteiger partial charge in [-0.15, -0.1) is 24.8 Å². The summed E-state index contributed by atoms with van der Waals surface area (Å²) in [5.41, 5.74) is 2.46. The summed E-state index contributed by atoms with van der Waals surface area (Å²) in [6, 6.07) is 19.1. The van der Waals surface area contributed by atoms with Crippen molar-refractivity contribution in [1.82, 2.24) is 0 Å². The Bertz CT molecular complexity index is 892. The molecule has 1 nitrogen and oxygen atoms in total. The van der Waals surface area contributed by atoms with Gasteiger partial charge < -0.3 is 0 Å². The van der Waals surface area contributed by atoms with Crippen LogP contribution in [-0.4, -0.2) is 11.9 Å². The van der Waals surface area contributed by atoms with Crippen LogP contribution in [0, 0.1) is 0 Å². The van der Waals surface area contributed by atoms with E-state index in [1.54, 1.807) is 9.07 Å². The molecule has 0 aromatic heterocycles. The van der Waals surface area contributed by atoms with Crippen molar-refractivity contribution in [2.45, 2.75) is 39.9 Å². The van der Waals surface area contributed by atoms with E-state index in [1.807, 2.05) is 0 Å². The molecule has 1 aliphatic rings. The fourth-order valence-corrected chi connectivity index (χ4v) is 10.2. The monoisotopic (exact) mass is 468 g/mol. The van der Waals surface area contributed by atoms with Gasteiger partial charge in [-0.1, -0.05) is 0 Å². The van der Waals surface area contributed by atoms with Crippen molar-refractivity contribution < 1.29 is 21.1 Å². The van der Waals surface area contributed by atoms with Crippen LogP contribution in [-0.2, 0) is 17.8 Å². The molecule has 0 unspecified atom stereocenters. The third-order valence-corrected chi connectivity index (χ3v) is 10.8. The number of hydrogen-bond donors (Lipinski definition) is 0. The molecule has 0 radical (unpaired) electrons. The minimum atomic E-state index is -1.92. The number of benzene rings is 2. The first kappa shape index (κ1) is 25.1. The Morgan fingerprint density at radius 3 is 2.14 bits per heavy atom. The number of rotatable bonds is 5. The molecule has 3 rings (SSSR count). The summed E-state index contributed by atoms with van der Waals surface area (Å²) in [6.07, 6.45) is 5.79. The summed E-state index contributed by atoms with van der Waals surface area (Å²) in [6.45, 7) is 11.8. The predicted molar refractivity (Wildman–Crippen MR) is 127 cm³/mol. The molecule has 0 saturated heterocycles. The molecule has 2 aromatic carbocycles. The number of hydrogen-bond acceptors (Lipinski definition) is 1. The van der Waals surface area contributed by atoms with Gasteiger partial charge in [-0.05, 0) is 0 Å². The molecule has 0 spiro atoms. The van der Waals surface area contributed by atoms with Crippen molar-refractivity contribution in [3.63, 3.8) is 0 Å². The van der Waals surface area contributed by atoms with Gasteiger partial charge in [0.15, 0.2) is 0 Å². The smallest absolute Gasteiger partial charge is 0.147 e. The van der Waals surface area contributed by atoms with Crippen LogP contribution in [0.2, 0.25) is 19.6 Å². The van der Waals surface area contributed by atoms with Gasteiger partial charge in [-0.25, -0.2) is 0 Å². The fraction of sp³-hybridized carbons (Fsp3) is 0.261. The largest absolute Gasteiger partial charge is 0.147 e. The summed E-state index contributed by atoms with van der Waals surface area (Å²) in [5.74, 6) is 1.01. The Hall–Kier alpha value is -0.899. The van der Waals surface area contributed by atoms with E-state index < -0.39 is 25.9 Å². The maximum atomic E-state index is 6.70. The van der Waals surface area contributed by atoms with E-state index >= 15 is 0 Å². The van der Waals surface area contributed by atoms with E-state index in [-0.39, 0.29) is 24.8 Å². The van der Waals surface area contributed by atoms with E-state index in [0.717, 1.165) is 12.2 Å². The van der Waals surface area contributed by atoms with Crippen molar-refractivity contribution in [2.24, 2.45) is 0 Å². The van der Waals surface area contributed by atoms with Crippen molar-refractivity contribution in [3.05, 3.63) is 75.8 Å². The molecule has 0 atom stereocenters. The summed E-state index contributed by atoms with van der Waals surface area (Å²) >= 11 is -1.92. The third kappa shape index (κ3) is 6.05. The zero-order valence-electron chi connectivity index (χ0n) is 17.3. The molecule has 150 valence electrons. The van der Waals surface area contributed by atoms with Gasteiger partial charge in [-0.2, -0.15) is 0 Å². The molecule has 0 amide bonds. The Labute approximate surface area is 189 Å². The molecule has 0 fully saturated rings. The summed E-state index contributed by atoms with van der Waals surface area (Å²) in [5, 5.41) is 1.62. The third-order valence-electron chi connectivity index (χ3n) is 4.63. The van der Waals surface area contributed by atoms with Gasteiger partial charge in [0.2, 0.25) is 0 Å². The second kappa shape index (κ2) is 10.8. The van der Waals surface area contributed by atoms with Crippen molar-refractivity contribution >= 4 is 36.7 Å². The molecule has 5 heteroatoms. The van der Waals surface area contributed by atoms with Crippen LogP contribution < -0.4 is 3.32 Å². The van der Waals surface area contributed by atoms with Gasteiger partial charge in [0.1, 0.15) is 0 Å². The van der Waals surface area contributed by atoms with Crippen LogP contribution in [0.4, 0.5) is 0 Å². The molecule has 28 heavy (non-hydrogen) atoms.